The molecule has 0 aliphatic carbocycles. The lowest BCUT2D eigenvalue weighted by molar-refractivity contribution is -0.104. The Kier molecular flexibility index (Phi) is 4.63. The topological polar surface area (TPSA) is 20.3 Å². The van der Waals surface area contributed by atoms with Crippen LogP contribution in [0.3, 0.4) is 0 Å². The Labute approximate surface area is 62.5 Å². The highest BCUT2D eigenvalue weighted by Crippen LogP contribution is 1.99. The van der Waals surface area contributed by atoms with E-state index in [4.69, 9.17) is 0 Å². The molecule has 0 atom stereocenters. The fourth-order valence-electron chi connectivity index (χ4n) is 0.926. The number of carbonyl (C=O) groups excluding carboxylic acids is 1. The van der Waals surface area contributed by atoms with Gasteiger partial charge in [-0.15, -0.1) is 0 Å². The first-order valence-electron chi connectivity index (χ1n) is 3.63. The van der Waals surface area contributed by atoms with E-state index in [1.54, 1.807) is 6.08 Å². The molecule has 0 aromatic heterocycles. The number of rotatable bonds is 4. The first-order chi connectivity index (χ1) is 4.76. The van der Waals surface area contributed by atoms with Crippen molar-refractivity contribution in [3.63, 3.8) is 0 Å². The summed E-state index contributed by atoms with van der Waals surface area (Å²) < 4.78 is 0. The highest BCUT2D eigenvalue weighted by atomic mass is 16.1. The zero-order valence-electron chi connectivity index (χ0n) is 6.92. The van der Waals surface area contributed by atoms with Gasteiger partial charge in [0.25, 0.3) is 0 Å². The number of carbonyl (C=O) groups is 1. The molecule has 10 heavy (non-hydrogen) atoms. The van der Waals surface area contributed by atoms with Crippen LogP contribution in [-0.4, -0.2) is 24.3 Å². The van der Waals surface area contributed by atoms with Gasteiger partial charge in [-0.05, 0) is 26.8 Å². The summed E-state index contributed by atoms with van der Waals surface area (Å²) >= 11 is 0. The van der Waals surface area contributed by atoms with E-state index in [2.05, 4.69) is 18.7 Å². The lowest BCUT2D eigenvalue weighted by atomic mass is 10.4. The number of aldehydes is 1. The standard InChI is InChI=1S/C8H15NO/c1-4-9(5-2)8(3)6-7-10/h6-7H,4-5H2,1-3H3. The lowest BCUT2D eigenvalue weighted by Gasteiger charge is -2.20. The van der Waals surface area contributed by atoms with Crippen LogP contribution in [0.1, 0.15) is 20.8 Å². The van der Waals surface area contributed by atoms with Gasteiger partial charge >= 0.3 is 0 Å². The van der Waals surface area contributed by atoms with Gasteiger partial charge in [0, 0.05) is 18.8 Å². The van der Waals surface area contributed by atoms with E-state index in [1.807, 2.05) is 6.92 Å². The van der Waals surface area contributed by atoms with Crippen LogP contribution in [0.4, 0.5) is 0 Å². The zero-order chi connectivity index (χ0) is 7.98. The van der Waals surface area contributed by atoms with Crippen molar-refractivity contribution in [2.45, 2.75) is 20.8 Å². The van der Waals surface area contributed by atoms with Crippen LogP contribution >= 0.6 is 0 Å². The molecule has 2 heteroatoms. The van der Waals surface area contributed by atoms with Crippen molar-refractivity contribution in [3.05, 3.63) is 11.8 Å². The molecule has 0 aliphatic heterocycles. The summed E-state index contributed by atoms with van der Waals surface area (Å²) in [7, 11) is 0. The Morgan fingerprint density at radius 3 is 2.20 bits per heavy atom. The van der Waals surface area contributed by atoms with E-state index in [-0.39, 0.29) is 0 Å². The molecular weight excluding hydrogens is 126 g/mol. The van der Waals surface area contributed by atoms with Crippen molar-refractivity contribution in [1.29, 1.82) is 0 Å². The molecule has 0 saturated heterocycles. The van der Waals surface area contributed by atoms with Crippen molar-refractivity contribution in [3.8, 4) is 0 Å². The van der Waals surface area contributed by atoms with Crippen LogP contribution in [0.25, 0.3) is 0 Å². The third kappa shape index (κ3) is 2.67. The fraction of sp³-hybridized carbons (Fsp3) is 0.625. The quantitative estimate of drug-likeness (QED) is 0.436. The van der Waals surface area contributed by atoms with Gasteiger partial charge < -0.3 is 4.90 Å². The minimum Gasteiger partial charge on any atom is -0.376 e. The van der Waals surface area contributed by atoms with Crippen LogP contribution in [0, 0.1) is 0 Å². The van der Waals surface area contributed by atoms with E-state index in [0.29, 0.717) is 0 Å². The highest BCUT2D eigenvalue weighted by molar-refractivity contribution is 5.65. The summed E-state index contributed by atoms with van der Waals surface area (Å²) in [6.07, 6.45) is 2.42. The molecule has 0 saturated carbocycles. The molecule has 0 amide bonds. The molecule has 0 heterocycles. The van der Waals surface area contributed by atoms with E-state index in [9.17, 15) is 4.79 Å². The normalized spacial score (nSPS) is 11.3. The smallest absolute Gasteiger partial charge is 0.144 e. The Morgan fingerprint density at radius 2 is 1.90 bits per heavy atom. The molecule has 0 bridgehead atoms. The van der Waals surface area contributed by atoms with Crippen LogP contribution in [-0.2, 0) is 4.79 Å². The predicted octanol–water partition coefficient (Wildman–Crippen LogP) is 1.43. The van der Waals surface area contributed by atoms with Gasteiger partial charge in [0.2, 0.25) is 0 Å². The summed E-state index contributed by atoms with van der Waals surface area (Å²) in [5.41, 5.74) is 1.04. The molecule has 0 aromatic carbocycles. The van der Waals surface area contributed by atoms with E-state index in [0.717, 1.165) is 25.1 Å². The monoisotopic (exact) mass is 141 g/mol. The number of nitrogens with zero attached hydrogens (tertiary/aromatic N) is 1. The molecule has 0 rings (SSSR count). The number of allylic oxidation sites excluding steroid dienone is 2. The number of hydrogen-bond donors (Lipinski definition) is 0. The van der Waals surface area contributed by atoms with Crippen molar-refractivity contribution in [2.75, 3.05) is 13.1 Å². The number of hydrogen-bond acceptors (Lipinski definition) is 2. The SMILES string of the molecule is CCN(CC)C(C)=CC=O. The van der Waals surface area contributed by atoms with Crippen molar-refractivity contribution in [1.82, 2.24) is 4.90 Å². The Bertz CT molecular complexity index is 125. The highest BCUT2D eigenvalue weighted by Gasteiger charge is 1.96. The Morgan fingerprint density at radius 1 is 1.40 bits per heavy atom. The molecule has 0 aliphatic rings. The third-order valence-corrected chi connectivity index (χ3v) is 1.57. The average molecular weight is 141 g/mol. The molecule has 0 unspecified atom stereocenters. The van der Waals surface area contributed by atoms with Crippen LogP contribution in [0.5, 0.6) is 0 Å². The Hall–Kier alpha value is -0.790. The second-order valence-corrected chi connectivity index (χ2v) is 2.12. The minimum atomic E-state index is 0.827. The van der Waals surface area contributed by atoms with Crippen LogP contribution in [0.2, 0.25) is 0 Å². The molecule has 0 N–H and O–H groups in total. The molecule has 2 nitrogen and oxygen atoms in total. The van der Waals surface area contributed by atoms with Crippen molar-refractivity contribution in [2.24, 2.45) is 0 Å². The third-order valence-electron chi connectivity index (χ3n) is 1.57. The largest absolute Gasteiger partial charge is 0.376 e. The zero-order valence-corrected chi connectivity index (χ0v) is 6.92. The maximum atomic E-state index is 10.0. The second kappa shape index (κ2) is 5.03. The van der Waals surface area contributed by atoms with Gasteiger partial charge in [-0.3, -0.25) is 4.79 Å². The summed E-state index contributed by atoms with van der Waals surface area (Å²) in [6.45, 7) is 8.03. The second-order valence-electron chi connectivity index (χ2n) is 2.12. The van der Waals surface area contributed by atoms with E-state index >= 15 is 0 Å². The first kappa shape index (κ1) is 9.21. The van der Waals surface area contributed by atoms with Crippen molar-refractivity contribution < 1.29 is 4.79 Å². The fourth-order valence-corrected chi connectivity index (χ4v) is 0.926. The molecule has 58 valence electrons. The summed E-state index contributed by atoms with van der Waals surface area (Å²) in [5, 5.41) is 0. The molecule has 0 aromatic rings. The molecule has 0 spiro atoms. The van der Waals surface area contributed by atoms with E-state index in [1.165, 1.54) is 0 Å². The van der Waals surface area contributed by atoms with Gasteiger partial charge in [-0.2, -0.15) is 0 Å². The van der Waals surface area contributed by atoms with Gasteiger partial charge in [-0.25, -0.2) is 0 Å². The van der Waals surface area contributed by atoms with E-state index < -0.39 is 0 Å². The Balaban J connectivity index is 3.99. The first-order valence-corrected chi connectivity index (χ1v) is 3.63. The van der Waals surface area contributed by atoms with Crippen molar-refractivity contribution >= 4 is 6.29 Å². The van der Waals surface area contributed by atoms with Gasteiger partial charge in [-0.1, -0.05) is 0 Å². The summed E-state index contributed by atoms with van der Waals surface area (Å²) in [5.74, 6) is 0. The summed E-state index contributed by atoms with van der Waals surface area (Å²) in [4.78, 5) is 12.2. The predicted molar refractivity (Wildman–Crippen MR) is 42.7 cm³/mol. The van der Waals surface area contributed by atoms with Gasteiger partial charge in [0.1, 0.15) is 6.29 Å². The maximum Gasteiger partial charge on any atom is 0.144 e. The minimum absolute atomic E-state index is 0.827. The lowest BCUT2D eigenvalue weighted by Crippen LogP contribution is -2.20. The molecular formula is C8H15NO. The van der Waals surface area contributed by atoms with Crippen LogP contribution < -0.4 is 0 Å². The van der Waals surface area contributed by atoms with Crippen LogP contribution in [0.15, 0.2) is 11.8 Å². The van der Waals surface area contributed by atoms with Gasteiger partial charge in [0.15, 0.2) is 0 Å². The molecule has 0 radical (unpaired) electrons. The van der Waals surface area contributed by atoms with Gasteiger partial charge in [0.05, 0.1) is 0 Å². The maximum absolute atomic E-state index is 10.0. The summed E-state index contributed by atoms with van der Waals surface area (Å²) in [6, 6.07) is 0. The average Bonchev–Trinajstić information content (AvgIpc) is 1.91. The molecule has 0 fully saturated rings.